The lowest BCUT2D eigenvalue weighted by Crippen LogP contribution is -2.46. The van der Waals surface area contributed by atoms with Crippen LogP contribution in [0.4, 0.5) is 0 Å². The van der Waals surface area contributed by atoms with E-state index in [9.17, 15) is 5.26 Å². The fourth-order valence-corrected chi connectivity index (χ4v) is 3.56. The van der Waals surface area contributed by atoms with Crippen molar-refractivity contribution in [2.75, 3.05) is 26.5 Å². The van der Waals surface area contributed by atoms with Crippen LogP contribution in [-0.2, 0) is 4.74 Å². The second-order valence-corrected chi connectivity index (χ2v) is 5.79. The molecule has 2 atom stereocenters. The van der Waals surface area contributed by atoms with Gasteiger partial charge >= 0.3 is 0 Å². The predicted octanol–water partition coefficient (Wildman–Crippen LogP) is 2.18. The molecule has 0 aromatic heterocycles. The van der Waals surface area contributed by atoms with Gasteiger partial charge in [0.2, 0.25) is 0 Å². The van der Waals surface area contributed by atoms with Gasteiger partial charge in [0.05, 0.1) is 6.07 Å². The Labute approximate surface area is 103 Å². The fraction of sp³-hybridized carbons (Fsp3) is 0.917. The summed E-state index contributed by atoms with van der Waals surface area (Å²) in [5.41, 5.74) is -0.267. The molecule has 1 rings (SSSR count). The molecule has 1 fully saturated rings. The Morgan fingerprint density at radius 3 is 3.06 bits per heavy atom. The second-order valence-electron chi connectivity index (χ2n) is 4.38. The summed E-state index contributed by atoms with van der Waals surface area (Å²) in [7, 11) is 3.65. The average Bonchev–Trinajstić information content (AvgIpc) is 2.35. The van der Waals surface area contributed by atoms with Crippen molar-refractivity contribution in [1.29, 1.82) is 5.26 Å². The Morgan fingerprint density at radius 2 is 2.44 bits per heavy atom. The van der Waals surface area contributed by atoms with Crippen molar-refractivity contribution < 1.29 is 4.74 Å². The maximum absolute atomic E-state index is 9.23. The Bertz CT molecular complexity index is 242. The van der Waals surface area contributed by atoms with Gasteiger partial charge in [-0.3, -0.25) is 0 Å². The Balaban J connectivity index is 2.30. The fourth-order valence-electron chi connectivity index (χ4n) is 2.20. The topological polar surface area (TPSA) is 45.0 Å². The highest BCUT2D eigenvalue weighted by atomic mass is 32.2. The molecule has 92 valence electrons. The van der Waals surface area contributed by atoms with E-state index in [2.05, 4.69) is 11.4 Å². The normalized spacial score (nSPS) is 29.9. The zero-order valence-electron chi connectivity index (χ0n) is 10.3. The number of nitrogens with zero attached hydrogens (tertiary/aromatic N) is 1. The monoisotopic (exact) mass is 242 g/mol. The summed E-state index contributed by atoms with van der Waals surface area (Å²) in [4.78, 5) is 0. The third-order valence-corrected chi connectivity index (χ3v) is 4.64. The summed E-state index contributed by atoms with van der Waals surface area (Å²) >= 11 is 2.00. The van der Waals surface area contributed by atoms with Gasteiger partial charge in [-0.2, -0.15) is 17.0 Å². The lowest BCUT2D eigenvalue weighted by Gasteiger charge is -2.35. The van der Waals surface area contributed by atoms with Crippen LogP contribution in [0.25, 0.3) is 0 Å². The molecular weight excluding hydrogens is 220 g/mol. The van der Waals surface area contributed by atoms with Crippen molar-refractivity contribution >= 4 is 11.8 Å². The van der Waals surface area contributed by atoms with Crippen molar-refractivity contribution in [3.8, 4) is 6.07 Å². The van der Waals surface area contributed by atoms with E-state index in [1.807, 2.05) is 18.8 Å². The number of ether oxygens (including phenoxy) is 1. The third kappa shape index (κ3) is 3.97. The van der Waals surface area contributed by atoms with Gasteiger partial charge in [0.1, 0.15) is 5.54 Å². The number of nitriles is 1. The van der Waals surface area contributed by atoms with E-state index in [1.54, 1.807) is 7.11 Å². The molecule has 0 spiro atoms. The van der Waals surface area contributed by atoms with Crippen molar-refractivity contribution in [3.63, 3.8) is 0 Å². The Hall–Kier alpha value is -0.240. The molecule has 0 bridgehead atoms. The SMILES string of the molecule is CNC1(C#N)CCCC(SCCCOC)C1. The average molecular weight is 242 g/mol. The first-order chi connectivity index (χ1) is 7.76. The van der Waals surface area contributed by atoms with E-state index in [1.165, 1.54) is 6.42 Å². The molecule has 1 aliphatic carbocycles. The summed E-state index contributed by atoms with van der Waals surface area (Å²) < 4.78 is 5.04. The van der Waals surface area contributed by atoms with Crippen LogP contribution in [0, 0.1) is 11.3 Å². The van der Waals surface area contributed by atoms with E-state index in [0.717, 1.165) is 38.0 Å². The number of methoxy groups -OCH3 is 1. The smallest absolute Gasteiger partial charge is 0.107 e. The van der Waals surface area contributed by atoms with Gasteiger partial charge in [-0.05, 0) is 44.9 Å². The van der Waals surface area contributed by atoms with Gasteiger partial charge in [0, 0.05) is 19.0 Å². The summed E-state index contributed by atoms with van der Waals surface area (Å²) in [5, 5.41) is 13.1. The molecular formula is C12H22N2OS. The largest absolute Gasteiger partial charge is 0.385 e. The molecule has 16 heavy (non-hydrogen) atoms. The highest BCUT2D eigenvalue weighted by Gasteiger charge is 2.35. The van der Waals surface area contributed by atoms with Crippen LogP contribution in [0.1, 0.15) is 32.1 Å². The molecule has 2 unspecified atom stereocenters. The van der Waals surface area contributed by atoms with Crippen LogP contribution in [0.5, 0.6) is 0 Å². The Morgan fingerprint density at radius 1 is 1.62 bits per heavy atom. The van der Waals surface area contributed by atoms with E-state index < -0.39 is 0 Å². The number of hydrogen-bond donors (Lipinski definition) is 1. The van der Waals surface area contributed by atoms with Crippen LogP contribution in [0.15, 0.2) is 0 Å². The van der Waals surface area contributed by atoms with Crippen LogP contribution in [0.3, 0.4) is 0 Å². The molecule has 1 N–H and O–H groups in total. The number of rotatable bonds is 6. The molecule has 0 aromatic rings. The van der Waals surface area contributed by atoms with Crippen LogP contribution in [-0.4, -0.2) is 37.3 Å². The zero-order chi connectivity index (χ0) is 11.9. The molecule has 0 aromatic carbocycles. The van der Waals surface area contributed by atoms with E-state index in [0.29, 0.717) is 5.25 Å². The first-order valence-electron chi connectivity index (χ1n) is 5.97. The van der Waals surface area contributed by atoms with Crippen molar-refractivity contribution in [2.45, 2.75) is 42.9 Å². The minimum atomic E-state index is -0.267. The number of hydrogen-bond acceptors (Lipinski definition) is 4. The number of thioether (sulfide) groups is 1. The van der Waals surface area contributed by atoms with Gasteiger partial charge in [-0.15, -0.1) is 0 Å². The highest BCUT2D eigenvalue weighted by Crippen LogP contribution is 2.34. The van der Waals surface area contributed by atoms with Gasteiger partial charge < -0.3 is 10.1 Å². The molecule has 0 amide bonds. The maximum Gasteiger partial charge on any atom is 0.107 e. The van der Waals surface area contributed by atoms with E-state index in [4.69, 9.17) is 4.74 Å². The second kappa shape index (κ2) is 7.16. The molecule has 0 saturated heterocycles. The quantitative estimate of drug-likeness (QED) is 0.725. The standard InChI is InChI=1S/C12H22N2OS/c1-14-12(10-13)6-3-5-11(9-12)16-8-4-7-15-2/h11,14H,3-9H2,1-2H3. The van der Waals surface area contributed by atoms with Gasteiger partial charge in [-0.1, -0.05) is 0 Å². The lowest BCUT2D eigenvalue weighted by atomic mass is 9.83. The van der Waals surface area contributed by atoms with E-state index >= 15 is 0 Å². The lowest BCUT2D eigenvalue weighted by molar-refractivity contribution is 0.200. The molecule has 1 saturated carbocycles. The van der Waals surface area contributed by atoms with Crippen molar-refractivity contribution in [2.24, 2.45) is 0 Å². The summed E-state index contributed by atoms with van der Waals surface area (Å²) in [5.74, 6) is 1.14. The van der Waals surface area contributed by atoms with Crippen LogP contribution >= 0.6 is 11.8 Å². The van der Waals surface area contributed by atoms with Gasteiger partial charge in [0.25, 0.3) is 0 Å². The highest BCUT2D eigenvalue weighted by molar-refractivity contribution is 7.99. The third-order valence-electron chi connectivity index (χ3n) is 3.24. The first kappa shape index (κ1) is 13.8. The molecule has 4 heteroatoms. The molecule has 1 aliphatic rings. The minimum Gasteiger partial charge on any atom is -0.385 e. The van der Waals surface area contributed by atoms with E-state index in [-0.39, 0.29) is 5.54 Å². The summed E-state index contributed by atoms with van der Waals surface area (Å²) in [6.45, 7) is 0.842. The number of nitrogens with one attached hydrogen (secondary N) is 1. The minimum absolute atomic E-state index is 0.267. The van der Waals surface area contributed by atoms with Crippen LogP contribution in [0.2, 0.25) is 0 Å². The molecule has 0 radical (unpaired) electrons. The maximum atomic E-state index is 9.23. The van der Waals surface area contributed by atoms with Crippen molar-refractivity contribution in [3.05, 3.63) is 0 Å². The van der Waals surface area contributed by atoms with Gasteiger partial charge in [-0.25, -0.2) is 0 Å². The molecule has 3 nitrogen and oxygen atoms in total. The van der Waals surface area contributed by atoms with Crippen LogP contribution < -0.4 is 5.32 Å². The summed E-state index contributed by atoms with van der Waals surface area (Å²) in [6.07, 6.45) is 5.50. The summed E-state index contributed by atoms with van der Waals surface area (Å²) in [6, 6.07) is 2.45. The first-order valence-corrected chi connectivity index (χ1v) is 7.02. The van der Waals surface area contributed by atoms with Crippen molar-refractivity contribution in [1.82, 2.24) is 5.32 Å². The Kier molecular flexibility index (Phi) is 6.18. The zero-order valence-corrected chi connectivity index (χ0v) is 11.1. The molecule has 0 aliphatic heterocycles. The predicted molar refractivity (Wildman–Crippen MR) is 68.6 cm³/mol. The van der Waals surface area contributed by atoms with Gasteiger partial charge in [0.15, 0.2) is 0 Å². The molecule has 0 heterocycles.